The Morgan fingerprint density at radius 3 is 3.18 bits per heavy atom. The lowest BCUT2D eigenvalue weighted by molar-refractivity contribution is 0.229. The average Bonchev–Trinajstić information content (AvgIpc) is 2.30. The van der Waals surface area contributed by atoms with Crippen molar-refractivity contribution in [3.8, 4) is 5.88 Å². The SMILES string of the molecule is CCN=C(N)Nc1cccc(OCCCO)n1.[H+]. The van der Waals surface area contributed by atoms with Gasteiger partial charge in [0, 0.05) is 25.6 Å². The predicted molar refractivity (Wildman–Crippen MR) is 68.3 cm³/mol. The smallest absolute Gasteiger partial charge is 0.478 e. The number of anilines is 1. The molecule has 1 aromatic rings. The maximum atomic E-state index is 8.63. The van der Waals surface area contributed by atoms with Crippen molar-refractivity contribution >= 4 is 11.8 Å². The molecule has 0 saturated heterocycles. The molecule has 0 aliphatic heterocycles. The molecule has 0 aliphatic rings. The summed E-state index contributed by atoms with van der Waals surface area (Å²) in [5.41, 5.74) is 5.61. The van der Waals surface area contributed by atoms with Gasteiger partial charge in [0.05, 0.1) is 6.61 Å². The van der Waals surface area contributed by atoms with Gasteiger partial charge in [-0.25, -0.2) is 0 Å². The fourth-order valence-corrected chi connectivity index (χ4v) is 1.15. The molecule has 0 bridgehead atoms. The van der Waals surface area contributed by atoms with Gasteiger partial charge in [-0.2, -0.15) is 4.98 Å². The zero-order valence-electron chi connectivity index (χ0n) is 10.9. The Morgan fingerprint density at radius 1 is 1.65 bits per heavy atom. The van der Waals surface area contributed by atoms with Crippen LogP contribution in [0.25, 0.3) is 0 Å². The molecule has 4 N–H and O–H groups in total. The number of aliphatic hydroxyl groups excluding tert-OH is 1. The van der Waals surface area contributed by atoms with Gasteiger partial charge >= 0.3 is 1.43 Å². The number of pyridine rings is 1. The molecule has 0 aliphatic carbocycles. The van der Waals surface area contributed by atoms with Crippen molar-refractivity contribution in [2.24, 2.45) is 10.7 Å². The minimum atomic E-state index is 0. The van der Waals surface area contributed by atoms with Gasteiger partial charge in [0.1, 0.15) is 5.82 Å². The number of nitrogens with one attached hydrogen (secondary N) is 1. The Morgan fingerprint density at radius 2 is 2.47 bits per heavy atom. The number of hydrogen-bond donors (Lipinski definition) is 3. The Bertz CT molecular complexity index is 374. The summed E-state index contributed by atoms with van der Waals surface area (Å²) in [5, 5.41) is 11.5. The highest BCUT2D eigenvalue weighted by Crippen LogP contribution is 2.11. The van der Waals surface area contributed by atoms with Crippen LogP contribution in [0.15, 0.2) is 23.2 Å². The lowest BCUT2D eigenvalue weighted by atomic mass is 10.4. The number of guanidine groups is 1. The van der Waals surface area contributed by atoms with E-state index in [1.165, 1.54) is 0 Å². The van der Waals surface area contributed by atoms with E-state index in [2.05, 4.69) is 15.3 Å². The Labute approximate surface area is 102 Å². The zero-order valence-corrected chi connectivity index (χ0v) is 9.89. The van der Waals surface area contributed by atoms with Crippen molar-refractivity contribution < 1.29 is 11.3 Å². The molecular weight excluding hydrogens is 220 g/mol. The first-order chi connectivity index (χ1) is 8.26. The lowest BCUT2D eigenvalue weighted by Crippen LogP contribution is -2.23. The van der Waals surface area contributed by atoms with Crippen LogP contribution in [0, 0.1) is 0 Å². The fraction of sp³-hybridized carbons (Fsp3) is 0.455. The van der Waals surface area contributed by atoms with E-state index in [4.69, 9.17) is 15.6 Å². The number of aliphatic hydroxyl groups is 1. The van der Waals surface area contributed by atoms with Crippen LogP contribution in [0.1, 0.15) is 14.8 Å². The van der Waals surface area contributed by atoms with Crippen molar-refractivity contribution in [3.63, 3.8) is 0 Å². The van der Waals surface area contributed by atoms with E-state index >= 15 is 0 Å². The number of rotatable bonds is 6. The lowest BCUT2D eigenvalue weighted by Gasteiger charge is -2.07. The van der Waals surface area contributed by atoms with E-state index in [1.807, 2.05) is 13.0 Å². The topological polar surface area (TPSA) is 92.8 Å². The van der Waals surface area contributed by atoms with E-state index in [-0.39, 0.29) is 8.03 Å². The van der Waals surface area contributed by atoms with Crippen LogP contribution >= 0.6 is 0 Å². The second-order valence-corrected chi connectivity index (χ2v) is 3.27. The molecule has 1 heterocycles. The number of hydrogen-bond acceptors (Lipinski definition) is 4. The van der Waals surface area contributed by atoms with Crippen LogP contribution in [-0.4, -0.2) is 35.8 Å². The van der Waals surface area contributed by atoms with Crippen molar-refractivity contribution in [1.82, 2.24) is 4.98 Å². The first-order valence-electron chi connectivity index (χ1n) is 5.54. The first kappa shape index (κ1) is 13.2. The number of nitrogens with two attached hydrogens (primary N) is 1. The highest BCUT2D eigenvalue weighted by Gasteiger charge is 1.99. The van der Waals surface area contributed by atoms with E-state index in [0.717, 1.165) is 0 Å². The van der Waals surface area contributed by atoms with Crippen LogP contribution in [-0.2, 0) is 0 Å². The second-order valence-electron chi connectivity index (χ2n) is 3.27. The minimum Gasteiger partial charge on any atom is -0.478 e. The largest absolute Gasteiger partial charge is 1.00 e. The number of aliphatic imine (C=N–C) groups is 1. The molecule has 0 aromatic carbocycles. The number of nitrogens with zero attached hydrogens (tertiary/aromatic N) is 2. The molecule has 0 saturated carbocycles. The van der Waals surface area contributed by atoms with Gasteiger partial charge < -0.3 is 20.9 Å². The second kappa shape index (κ2) is 7.45. The summed E-state index contributed by atoms with van der Waals surface area (Å²) in [6, 6.07) is 5.33. The van der Waals surface area contributed by atoms with Crippen LogP contribution < -0.4 is 15.8 Å². The maximum absolute atomic E-state index is 8.63. The van der Waals surface area contributed by atoms with Crippen molar-refractivity contribution in [3.05, 3.63) is 18.2 Å². The summed E-state index contributed by atoms with van der Waals surface area (Å²) >= 11 is 0. The molecule has 17 heavy (non-hydrogen) atoms. The van der Waals surface area contributed by atoms with Crippen LogP contribution in [0.4, 0.5) is 5.82 Å². The van der Waals surface area contributed by atoms with E-state index in [1.54, 1.807) is 12.1 Å². The van der Waals surface area contributed by atoms with Gasteiger partial charge in [-0.3, -0.25) is 4.99 Å². The third-order valence-electron chi connectivity index (χ3n) is 1.86. The summed E-state index contributed by atoms with van der Waals surface area (Å²) in [5.74, 6) is 1.40. The molecule has 1 aromatic heterocycles. The Balaban J connectivity index is 0.00000289. The Kier molecular flexibility index (Phi) is 5.81. The molecule has 94 valence electrons. The summed E-state index contributed by atoms with van der Waals surface area (Å²) in [4.78, 5) is 8.19. The standard InChI is InChI=1S/C11H18N4O2/c1-2-13-11(12)15-9-5-3-6-10(14-9)17-8-4-7-16/h3,5-6,16H,2,4,7-8H2,1H3,(H3,12,13,14,15)/p+1. The van der Waals surface area contributed by atoms with Gasteiger partial charge in [0.25, 0.3) is 0 Å². The van der Waals surface area contributed by atoms with E-state index in [9.17, 15) is 0 Å². The molecule has 6 heteroatoms. The third-order valence-corrected chi connectivity index (χ3v) is 1.86. The molecule has 0 radical (unpaired) electrons. The summed E-state index contributed by atoms with van der Waals surface area (Å²) in [6.45, 7) is 3.06. The summed E-state index contributed by atoms with van der Waals surface area (Å²) in [7, 11) is 0. The molecule has 0 spiro atoms. The molecule has 0 unspecified atom stereocenters. The fourth-order valence-electron chi connectivity index (χ4n) is 1.15. The molecule has 1 rings (SSSR count). The van der Waals surface area contributed by atoms with E-state index < -0.39 is 0 Å². The molecule has 0 amide bonds. The number of aromatic nitrogens is 1. The van der Waals surface area contributed by atoms with Crippen LogP contribution in [0.2, 0.25) is 0 Å². The highest BCUT2D eigenvalue weighted by molar-refractivity contribution is 5.91. The first-order valence-corrected chi connectivity index (χ1v) is 5.54. The molecular formula is C11H19N4O2+. The number of ether oxygens (including phenoxy) is 1. The molecule has 6 nitrogen and oxygen atoms in total. The summed E-state index contributed by atoms with van der Waals surface area (Å²) in [6.07, 6.45) is 0.582. The maximum Gasteiger partial charge on any atom is 1.00 e. The molecule has 0 atom stereocenters. The van der Waals surface area contributed by atoms with Crippen molar-refractivity contribution in [2.45, 2.75) is 13.3 Å². The van der Waals surface area contributed by atoms with Crippen molar-refractivity contribution in [1.29, 1.82) is 0 Å². The van der Waals surface area contributed by atoms with Crippen LogP contribution in [0.3, 0.4) is 0 Å². The summed E-state index contributed by atoms with van der Waals surface area (Å²) < 4.78 is 5.34. The minimum absolute atomic E-state index is 0. The zero-order chi connectivity index (χ0) is 12.5. The highest BCUT2D eigenvalue weighted by atomic mass is 16.5. The van der Waals surface area contributed by atoms with Gasteiger partial charge in [-0.1, -0.05) is 6.07 Å². The van der Waals surface area contributed by atoms with Crippen LogP contribution in [0.5, 0.6) is 5.88 Å². The normalized spacial score (nSPS) is 11.3. The van der Waals surface area contributed by atoms with Gasteiger partial charge in [-0.15, -0.1) is 0 Å². The van der Waals surface area contributed by atoms with Gasteiger partial charge in [-0.05, 0) is 13.0 Å². The van der Waals surface area contributed by atoms with Gasteiger partial charge in [0.2, 0.25) is 5.88 Å². The third kappa shape index (κ3) is 5.17. The monoisotopic (exact) mass is 239 g/mol. The Hall–Kier alpha value is -1.82. The van der Waals surface area contributed by atoms with E-state index in [0.29, 0.717) is 37.2 Å². The predicted octanol–water partition coefficient (Wildman–Crippen LogP) is 0.702. The quantitative estimate of drug-likeness (QED) is 0.386. The average molecular weight is 239 g/mol. The van der Waals surface area contributed by atoms with Crippen molar-refractivity contribution in [2.75, 3.05) is 25.1 Å². The van der Waals surface area contributed by atoms with Gasteiger partial charge in [0.15, 0.2) is 5.96 Å². The molecule has 0 fully saturated rings.